The molecule has 0 aliphatic carbocycles. The van der Waals surface area contributed by atoms with Gasteiger partial charge in [-0.3, -0.25) is 9.59 Å². The van der Waals surface area contributed by atoms with E-state index >= 15 is 0 Å². The number of rotatable bonds is 4. The maximum absolute atomic E-state index is 13.4. The average Bonchev–Trinajstić information content (AvgIpc) is 3.06. The second-order valence-electron chi connectivity index (χ2n) is 4.73. The number of halogens is 1. The number of aldehydes is 1. The molecule has 0 bridgehead atoms. The lowest BCUT2D eigenvalue weighted by molar-refractivity contribution is -0.139. The highest BCUT2D eigenvalue weighted by atomic mass is 32.1. The molecule has 2 aromatic heterocycles. The number of carbonyl (C=O) groups is 2. The molecule has 3 aromatic rings. The highest BCUT2D eigenvalue weighted by molar-refractivity contribution is 7.15. The van der Waals surface area contributed by atoms with Crippen molar-refractivity contribution in [3.63, 3.8) is 0 Å². The zero-order chi connectivity index (χ0) is 15.7. The van der Waals surface area contributed by atoms with Crippen molar-refractivity contribution in [3.8, 4) is 11.1 Å². The Morgan fingerprint density at radius 2 is 2.23 bits per heavy atom. The zero-order valence-corrected chi connectivity index (χ0v) is 12.5. The first-order valence-electron chi connectivity index (χ1n) is 6.54. The van der Waals surface area contributed by atoms with Gasteiger partial charge >= 0.3 is 5.97 Å². The van der Waals surface area contributed by atoms with E-state index in [-0.39, 0.29) is 18.2 Å². The average molecular weight is 317 g/mol. The molecular formula is C16H12FNO3S. The molecule has 1 aromatic carbocycles. The Hall–Kier alpha value is -2.47. The molecule has 0 atom stereocenters. The van der Waals surface area contributed by atoms with E-state index in [1.54, 1.807) is 16.5 Å². The topological polar surface area (TPSA) is 47.8 Å². The number of benzene rings is 1. The second-order valence-corrected chi connectivity index (χ2v) is 5.61. The first-order chi connectivity index (χ1) is 10.6. The number of nitrogens with zero attached hydrogens (tertiary/aromatic N) is 1. The fraction of sp³-hybridized carbons (Fsp3) is 0.125. The number of esters is 1. The summed E-state index contributed by atoms with van der Waals surface area (Å²) in [6.45, 7) is 0. The molecule has 0 radical (unpaired) electrons. The quantitative estimate of drug-likeness (QED) is 0.548. The number of ether oxygens (including phenoxy) is 1. The van der Waals surface area contributed by atoms with Crippen molar-refractivity contribution in [2.75, 3.05) is 7.11 Å². The van der Waals surface area contributed by atoms with Crippen LogP contribution in [0.25, 0.3) is 16.0 Å². The molecule has 2 heterocycles. The number of hydrogen-bond acceptors (Lipinski definition) is 4. The van der Waals surface area contributed by atoms with Crippen molar-refractivity contribution in [2.24, 2.45) is 0 Å². The standard InChI is InChI=1S/C16H12FNO3S/c1-21-16(20)6-12-9-22-15-7-13(14(8-19)18(12)15)10-3-2-4-11(17)5-10/h2-5,7-9H,6H2,1H3. The van der Waals surface area contributed by atoms with Gasteiger partial charge in [0.05, 0.1) is 19.2 Å². The van der Waals surface area contributed by atoms with Gasteiger partial charge in [0.15, 0.2) is 6.29 Å². The number of hydrogen-bond donors (Lipinski definition) is 0. The molecular weight excluding hydrogens is 305 g/mol. The van der Waals surface area contributed by atoms with Gasteiger partial charge in [-0.1, -0.05) is 12.1 Å². The maximum atomic E-state index is 13.4. The van der Waals surface area contributed by atoms with Crippen LogP contribution in [-0.4, -0.2) is 23.8 Å². The summed E-state index contributed by atoms with van der Waals surface area (Å²) in [5, 5.41) is 1.81. The Balaban J connectivity index is 2.17. The van der Waals surface area contributed by atoms with Crippen LogP contribution in [0, 0.1) is 5.82 Å². The summed E-state index contributed by atoms with van der Waals surface area (Å²) < 4.78 is 19.8. The van der Waals surface area contributed by atoms with Crippen LogP contribution in [0.4, 0.5) is 4.39 Å². The van der Waals surface area contributed by atoms with E-state index in [4.69, 9.17) is 0 Å². The third-order valence-electron chi connectivity index (χ3n) is 3.41. The minimum absolute atomic E-state index is 0.0780. The van der Waals surface area contributed by atoms with Crippen molar-refractivity contribution in [1.29, 1.82) is 0 Å². The molecule has 0 fully saturated rings. The van der Waals surface area contributed by atoms with Crippen LogP contribution in [0.5, 0.6) is 0 Å². The number of methoxy groups -OCH3 is 1. The van der Waals surface area contributed by atoms with Gasteiger partial charge in [-0.25, -0.2) is 4.39 Å². The third kappa shape index (κ3) is 2.42. The van der Waals surface area contributed by atoms with Crippen LogP contribution in [-0.2, 0) is 16.0 Å². The summed E-state index contributed by atoms with van der Waals surface area (Å²) in [7, 11) is 1.32. The number of carbonyl (C=O) groups excluding carboxylic acids is 2. The van der Waals surface area contributed by atoms with Gasteiger partial charge in [0, 0.05) is 16.6 Å². The molecule has 0 N–H and O–H groups in total. The predicted molar refractivity (Wildman–Crippen MR) is 81.8 cm³/mol. The fourth-order valence-electron chi connectivity index (χ4n) is 2.41. The van der Waals surface area contributed by atoms with Gasteiger partial charge in [-0.15, -0.1) is 11.3 Å². The minimum Gasteiger partial charge on any atom is -0.469 e. The fourth-order valence-corrected chi connectivity index (χ4v) is 3.36. The van der Waals surface area contributed by atoms with Crippen molar-refractivity contribution in [2.45, 2.75) is 6.42 Å². The van der Waals surface area contributed by atoms with Gasteiger partial charge in [0.2, 0.25) is 0 Å². The molecule has 3 rings (SSSR count). The van der Waals surface area contributed by atoms with Crippen molar-refractivity contribution < 1.29 is 18.7 Å². The summed E-state index contributed by atoms with van der Waals surface area (Å²) in [5.74, 6) is -0.740. The van der Waals surface area contributed by atoms with Gasteiger partial charge in [0.25, 0.3) is 0 Å². The highest BCUT2D eigenvalue weighted by Crippen LogP contribution is 2.31. The van der Waals surface area contributed by atoms with Crippen LogP contribution in [0.1, 0.15) is 16.2 Å². The van der Waals surface area contributed by atoms with E-state index in [1.807, 2.05) is 11.4 Å². The maximum Gasteiger partial charge on any atom is 0.311 e. The van der Waals surface area contributed by atoms with Crippen LogP contribution in [0.3, 0.4) is 0 Å². The Morgan fingerprint density at radius 3 is 2.91 bits per heavy atom. The van der Waals surface area contributed by atoms with Crippen LogP contribution >= 0.6 is 11.3 Å². The molecule has 6 heteroatoms. The normalized spacial score (nSPS) is 10.8. The molecule has 4 nitrogen and oxygen atoms in total. The van der Waals surface area contributed by atoms with Crippen LogP contribution < -0.4 is 0 Å². The van der Waals surface area contributed by atoms with E-state index in [2.05, 4.69) is 4.74 Å². The zero-order valence-electron chi connectivity index (χ0n) is 11.7. The van der Waals surface area contributed by atoms with E-state index in [0.717, 1.165) is 11.1 Å². The SMILES string of the molecule is COC(=O)Cc1csc2cc(-c3cccc(F)c3)c(C=O)n12. The lowest BCUT2D eigenvalue weighted by Gasteiger charge is -2.03. The summed E-state index contributed by atoms with van der Waals surface area (Å²) in [6, 6.07) is 7.90. The predicted octanol–water partition coefficient (Wildman–Crippen LogP) is 3.33. The van der Waals surface area contributed by atoms with E-state index in [9.17, 15) is 14.0 Å². The molecule has 0 saturated carbocycles. The summed E-state index contributed by atoms with van der Waals surface area (Å²) in [6.07, 6.45) is 0.801. The largest absolute Gasteiger partial charge is 0.469 e. The molecule has 112 valence electrons. The van der Waals surface area contributed by atoms with Crippen molar-refractivity contribution >= 4 is 28.4 Å². The number of thiazole rings is 1. The lowest BCUT2D eigenvalue weighted by Crippen LogP contribution is -2.07. The number of fused-ring (bicyclic) bond motifs is 1. The molecule has 0 amide bonds. The molecule has 0 spiro atoms. The summed E-state index contributed by atoms with van der Waals surface area (Å²) in [4.78, 5) is 23.8. The second kappa shape index (κ2) is 5.73. The lowest BCUT2D eigenvalue weighted by atomic mass is 10.1. The van der Waals surface area contributed by atoms with Gasteiger partial charge < -0.3 is 9.14 Å². The molecule has 0 unspecified atom stereocenters. The van der Waals surface area contributed by atoms with E-state index in [1.165, 1.54) is 30.6 Å². The molecule has 0 saturated heterocycles. The molecule has 22 heavy (non-hydrogen) atoms. The van der Waals surface area contributed by atoms with Gasteiger partial charge in [-0.05, 0) is 23.8 Å². The smallest absolute Gasteiger partial charge is 0.311 e. The molecule has 0 aliphatic rings. The Kier molecular flexibility index (Phi) is 3.77. The van der Waals surface area contributed by atoms with Crippen LogP contribution in [0.2, 0.25) is 0 Å². The van der Waals surface area contributed by atoms with Crippen LogP contribution in [0.15, 0.2) is 35.7 Å². The van der Waals surface area contributed by atoms with E-state index in [0.29, 0.717) is 22.5 Å². The first-order valence-corrected chi connectivity index (χ1v) is 7.41. The first kappa shape index (κ1) is 14.5. The van der Waals surface area contributed by atoms with Gasteiger partial charge in [-0.2, -0.15) is 0 Å². The summed E-state index contributed by atoms with van der Waals surface area (Å²) in [5.41, 5.74) is 2.35. The van der Waals surface area contributed by atoms with E-state index < -0.39 is 0 Å². The Morgan fingerprint density at radius 1 is 1.41 bits per heavy atom. The number of aromatic nitrogens is 1. The Labute approximate surface area is 129 Å². The van der Waals surface area contributed by atoms with Crippen molar-refractivity contribution in [1.82, 2.24) is 4.40 Å². The minimum atomic E-state index is -0.377. The monoisotopic (exact) mass is 317 g/mol. The van der Waals surface area contributed by atoms with Crippen molar-refractivity contribution in [3.05, 3.63) is 52.9 Å². The van der Waals surface area contributed by atoms with Gasteiger partial charge in [0.1, 0.15) is 10.6 Å². The third-order valence-corrected chi connectivity index (χ3v) is 4.34. The summed E-state index contributed by atoms with van der Waals surface area (Å²) >= 11 is 1.42. The highest BCUT2D eigenvalue weighted by Gasteiger charge is 2.17. The molecule has 0 aliphatic heterocycles. The Bertz CT molecular complexity index is 866.